The Kier molecular flexibility index (Phi) is 4.94. The van der Waals surface area contributed by atoms with Crippen LogP contribution >= 0.6 is 0 Å². The van der Waals surface area contributed by atoms with Crippen LogP contribution in [-0.2, 0) is 14.6 Å². The molecule has 1 aliphatic heterocycles. The van der Waals surface area contributed by atoms with Crippen molar-refractivity contribution in [3.8, 4) is 0 Å². The van der Waals surface area contributed by atoms with Gasteiger partial charge in [0.15, 0.2) is 14.6 Å². The van der Waals surface area contributed by atoms with E-state index in [0.29, 0.717) is 32.4 Å². The molecule has 0 aromatic heterocycles. The van der Waals surface area contributed by atoms with Gasteiger partial charge in [-0.2, -0.15) is 0 Å². The molecule has 1 saturated heterocycles. The van der Waals surface area contributed by atoms with Crippen molar-refractivity contribution in [1.29, 1.82) is 0 Å². The number of rotatable bonds is 5. The standard InChI is InChI=1S/C11H22N2O3S/c1-3-4-9-17(15,16)11(10(14)12-2)5-7-13-8-6-11/h13H,3-9H2,1-2H3,(H,12,14). The Morgan fingerprint density at radius 2 is 1.94 bits per heavy atom. The van der Waals surface area contributed by atoms with Crippen LogP contribution < -0.4 is 10.6 Å². The zero-order chi connectivity index (χ0) is 12.9. The van der Waals surface area contributed by atoms with Crippen molar-refractivity contribution in [2.45, 2.75) is 37.4 Å². The summed E-state index contributed by atoms with van der Waals surface area (Å²) in [6, 6.07) is 0. The van der Waals surface area contributed by atoms with E-state index < -0.39 is 14.6 Å². The first-order chi connectivity index (χ1) is 8.00. The summed E-state index contributed by atoms with van der Waals surface area (Å²) in [5.74, 6) is -0.244. The number of nitrogens with one attached hydrogen (secondary N) is 2. The fourth-order valence-corrected chi connectivity index (χ4v) is 4.54. The minimum absolute atomic E-state index is 0.108. The van der Waals surface area contributed by atoms with Crippen LogP contribution in [-0.4, -0.2) is 45.0 Å². The zero-order valence-corrected chi connectivity index (χ0v) is 11.4. The number of amides is 1. The molecule has 1 heterocycles. The van der Waals surface area contributed by atoms with E-state index in [1.54, 1.807) is 0 Å². The van der Waals surface area contributed by atoms with E-state index in [9.17, 15) is 13.2 Å². The second-order valence-electron chi connectivity index (χ2n) is 4.50. The second kappa shape index (κ2) is 5.82. The summed E-state index contributed by atoms with van der Waals surface area (Å²) >= 11 is 0. The second-order valence-corrected chi connectivity index (χ2v) is 6.92. The third kappa shape index (κ3) is 2.80. The molecule has 0 aliphatic carbocycles. The van der Waals surface area contributed by atoms with Crippen molar-refractivity contribution < 1.29 is 13.2 Å². The predicted octanol–water partition coefficient (Wildman–Crippen LogP) is 0.0695. The molecule has 0 unspecified atom stereocenters. The highest BCUT2D eigenvalue weighted by atomic mass is 32.2. The normalized spacial score (nSPS) is 19.9. The zero-order valence-electron chi connectivity index (χ0n) is 10.6. The van der Waals surface area contributed by atoms with Gasteiger partial charge in [0.2, 0.25) is 5.91 Å². The van der Waals surface area contributed by atoms with E-state index in [0.717, 1.165) is 6.42 Å². The maximum atomic E-state index is 12.4. The van der Waals surface area contributed by atoms with E-state index >= 15 is 0 Å². The van der Waals surface area contributed by atoms with Crippen LogP contribution in [0.5, 0.6) is 0 Å². The minimum Gasteiger partial charge on any atom is -0.358 e. The number of unbranched alkanes of at least 4 members (excludes halogenated alkanes) is 1. The van der Waals surface area contributed by atoms with Crippen LogP contribution in [0.1, 0.15) is 32.6 Å². The maximum Gasteiger partial charge on any atom is 0.241 e. The van der Waals surface area contributed by atoms with Gasteiger partial charge in [0.05, 0.1) is 5.75 Å². The molecule has 1 aliphatic rings. The number of piperidine rings is 1. The van der Waals surface area contributed by atoms with Gasteiger partial charge in [-0.3, -0.25) is 4.79 Å². The Bertz CT molecular complexity index is 359. The van der Waals surface area contributed by atoms with E-state index in [1.807, 2.05) is 6.92 Å². The molecule has 0 atom stereocenters. The summed E-state index contributed by atoms with van der Waals surface area (Å²) in [7, 11) is -1.87. The molecule has 1 amide bonds. The first kappa shape index (κ1) is 14.4. The van der Waals surface area contributed by atoms with E-state index in [4.69, 9.17) is 0 Å². The third-order valence-corrected chi connectivity index (χ3v) is 6.02. The molecule has 100 valence electrons. The summed E-state index contributed by atoms with van der Waals surface area (Å²) < 4.78 is 23.6. The molecule has 0 bridgehead atoms. The highest BCUT2D eigenvalue weighted by Crippen LogP contribution is 2.30. The monoisotopic (exact) mass is 262 g/mol. The fraction of sp³-hybridized carbons (Fsp3) is 0.909. The molecule has 0 saturated carbocycles. The SMILES string of the molecule is CCCCS(=O)(=O)C1(C(=O)NC)CCNCC1. The van der Waals surface area contributed by atoms with Crippen LogP contribution in [0, 0.1) is 0 Å². The highest BCUT2D eigenvalue weighted by Gasteiger charge is 2.49. The molecule has 17 heavy (non-hydrogen) atoms. The summed E-state index contributed by atoms with van der Waals surface area (Å²) in [5, 5.41) is 5.61. The maximum absolute atomic E-state index is 12.4. The molecular weight excluding hydrogens is 240 g/mol. The predicted molar refractivity (Wildman–Crippen MR) is 67.6 cm³/mol. The van der Waals surface area contributed by atoms with E-state index in [1.165, 1.54) is 7.05 Å². The van der Waals surface area contributed by atoms with Crippen LogP contribution in [0.15, 0.2) is 0 Å². The van der Waals surface area contributed by atoms with E-state index in [-0.39, 0.29) is 11.7 Å². The van der Waals surface area contributed by atoms with Gasteiger partial charge in [-0.1, -0.05) is 13.3 Å². The summed E-state index contributed by atoms with van der Waals surface area (Å²) in [4.78, 5) is 12.0. The van der Waals surface area contributed by atoms with Gasteiger partial charge in [0.25, 0.3) is 0 Å². The van der Waals surface area contributed by atoms with Gasteiger partial charge in [0.1, 0.15) is 0 Å². The Morgan fingerprint density at radius 1 is 1.35 bits per heavy atom. The Labute approximate surface area is 103 Å². The lowest BCUT2D eigenvalue weighted by Gasteiger charge is -2.35. The van der Waals surface area contributed by atoms with Crippen molar-refractivity contribution in [3.63, 3.8) is 0 Å². The van der Waals surface area contributed by atoms with Gasteiger partial charge in [-0.25, -0.2) is 8.42 Å². The topological polar surface area (TPSA) is 75.3 Å². The summed E-state index contributed by atoms with van der Waals surface area (Å²) in [5.41, 5.74) is 0. The lowest BCUT2D eigenvalue weighted by molar-refractivity contribution is -0.123. The van der Waals surface area contributed by atoms with Crippen LogP contribution in [0.4, 0.5) is 0 Å². The third-order valence-electron chi connectivity index (χ3n) is 3.41. The number of hydrogen-bond donors (Lipinski definition) is 2. The van der Waals surface area contributed by atoms with Crippen molar-refractivity contribution in [1.82, 2.24) is 10.6 Å². The van der Waals surface area contributed by atoms with Crippen molar-refractivity contribution in [3.05, 3.63) is 0 Å². The molecule has 0 spiro atoms. The highest BCUT2D eigenvalue weighted by molar-refractivity contribution is 7.93. The Hall–Kier alpha value is -0.620. The van der Waals surface area contributed by atoms with Crippen LogP contribution in [0.25, 0.3) is 0 Å². The van der Waals surface area contributed by atoms with Crippen molar-refractivity contribution in [2.24, 2.45) is 0 Å². The van der Waals surface area contributed by atoms with Gasteiger partial charge in [0, 0.05) is 7.05 Å². The van der Waals surface area contributed by atoms with Crippen molar-refractivity contribution >= 4 is 15.7 Å². The molecular formula is C11H22N2O3S. The molecule has 0 radical (unpaired) electrons. The number of sulfone groups is 1. The van der Waals surface area contributed by atoms with Crippen LogP contribution in [0.3, 0.4) is 0 Å². The fourth-order valence-electron chi connectivity index (χ4n) is 2.27. The minimum atomic E-state index is -3.37. The lowest BCUT2D eigenvalue weighted by Crippen LogP contribution is -2.57. The molecule has 1 fully saturated rings. The quantitative estimate of drug-likeness (QED) is 0.735. The van der Waals surface area contributed by atoms with Gasteiger partial charge < -0.3 is 10.6 Å². The number of carbonyl (C=O) groups excluding carboxylic acids is 1. The smallest absolute Gasteiger partial charge is 0.241 e. The van der Waals surface area contributed by atoms with E-state index in [2.05, 4.69) is 10.6 Å². The summed E-state index contributed by atoms with van der Waals surface area (Å²) in [6.45, 7) is 3.11. The number of carbonyl (C=O) groups is 1. The molecule has 2 N–H and O–H groups in total. The average Bonchev–Trinajstić information content (AvgIpc) is 2.36. The largest absolute Gasteiger partial charge is 0.358 e. The summed E-state index contributed by atoms with van der Waals surface area (Å²) in [6.07, 6.45) is 2.19. The molecule has 0 aromatic rings. The first-order valence-corrected chi connectivity index (χ1v) is 7.80. The molecule has 1 rings (SSSR count). The average molecular weight is 262 g/mol. The number of hydrogen-bond acceptors (Lipinski definition) is 4. The van der Waals surface area contributed by atoms with Crippen LogP contribution in [0.2, 0.25) is 0 Å². The first-order valence-electron chi connectivity index (χ1n) is 6.15. The van der Waals surface area contributed by atoms with Gasteiger partial charge in [-0.15, -0.1) is 0 Å². The Balaban J connectivity index is 3.01. The van der Waals surface area contributed by atoms with Gasteiger partial charge in [-0.05, 0) is 32.4 Å². The molecule has 0 aromatic carbocycles. The molecule has 6 heteroatoms. The van der Waals surface area contributed by atoms with Gasteiger partial charge >= 0.3 is 0 Å². The molecule has 5 nitrogen and oxygen atoms in total. The van der Waals surface area contributed by atoms with Crippen molar-refractivity contribution in [2.75, 3.05) is 25.9 Å². The lowest BCUT2D eigenvalue weighted by atomic mass is 9.96. The Morgan fingerprint density at radius 3 is 2.41 bits per heavy atom.